The summed E-state index contributed by atoms with van der Waals surface area (Å²) >= 11 is 0. The molecule has 0 spiro atoms. The average molecular weight is 322 g/mol. The molecule has 1 amide bonds. The van der Waals surface area contributed by atoms with Crippen molar-refractivity contribution in [2.45, 2.75) is 25.2 Å². The van der Waals surface area contributed by atoms with Crippen molar-refractivity contribution in [3.63, 3.8) is 0 Å². The summed E-state index contributed by atoms with van der Waals surface area (Å²) in [6.45, 7) is 0.816. The second-order valence-electron chi connectivity index (χ2n) is 6.04. The molecule has 1 fully saturated rings. The summed E-state index contributed by atoms with van der Waals surface area (Å²) in [6, 6.07) is 9.83. The fraction of sp³-hybridized carbons (Fsp3) is 0.300. The first-order valence-corrected chi connectivity index (χ1v) is 8.12. The van der Waals surface area contributed by atoms with Gasteiger partial charge in [-0.15, -0.1) is 0 Å². The van der Waals surface area contributed by atoms with Gasteiger partial charge in [0.25, 0.3) is 0 Å². The van der Waals surface area contributed by atoms with Gasteiger partial charge in [-0.2, -0.15) is 0 Å². The minimum atomic E-state index is -0.274. The summed E-state index contributed by atoms with van der Waals surface area (Å²) in [6.07, 6.45) is 4.62. The topological polar surface area (TPSA) is 33.2 Å². The standard InChI is InChI=1S/C20H19FN2O/c1-23-13-3-2-4-18(20(23)24)19-12-9-16(14-22-19)6-5-15-7-10-17(21)11-8-15/h7-12,14,18H,2-4,13H2,1H3/t18-/m0/s1. The Bertz CT molecular complexity index is 772. The summed E-state index contributed by atoms with van der Waals surface area (Å²) < 4.78 is 12.9. The first kappa shape index (κ1) is 16.2. The molecule has 1 atom stereocenters. The lowest BCUT2D eigenvalue weighted by molar-refractivity contribution is -0.131. The highest BCUT2D eigenvalue weighted by molar-refractivity contribution is 5.83. The molecule has 1 aliphatic heterocycles. The molecule has 1 saturated heterocycles. The van der Waals surface area contributed by atoms with Crippen LogP contribution < -0.4 is 0 Å². The molecule has 1 aromatic heterocycles. The number of hydrogen-bond donors (Lipinski definition) is 0. The first-order valence-electron chi connectivity index (χ1n) is 8.12. The third-order valence-electron chi connectivity index (χ3n) is 4.25. The molecule has 0 aliphatic carbocycles. The highest BCUT2D eigenvalue weighted by Crippen LogP contribution is 2.25. The second kappa shape index (κ2) is 7.27. The Labute approximate surface area is 141 Å². The lowest BCUT2D eigenvalue weighted by Gasteiger charge is -2.19. The third kappa shape index (κ3) is 3.80. The maximum atomic E-state index is 12.9. The Morgan fingerprint density at radius 1 is 1.08 bits per heavy atom. The average Bonchev–Trinajstić information content (AvgIpc) is 2.77. The molecule has 0 unspecified atom stereocenters. The van der Waals surface area contributed by atoms with E-state index >= 15 is 0 Å². The molecule has 1 aromatic carbocycles. The quantitative estimate of drug-likeness (QED) is 0.755. The lowest BCUT2D eigenvalue weighted by Crippen LogP contribution is -2.30. The molecule has 122 valence electrons. The zero-order valence-corrected chi connectivity index (χ0v) is 13.6. The predicted octanol–water partition coefficient (Wildman–Crippen LogP) is 3.35. The van der Waals surface area contributed by atoms with E-state index in [2.05, 4.69) is 16.8 Å². The maximum Gasteiger partial charge on any atom is 0.231 e. The van der Waals surface area contributed by atoms with Crippen molar-refractivity contribution in [2.24, 2.45) is 0 Å². The van der Waals surface area contributed by atoms with E-state index in [1.165, 1.54) is 12.1 Å². The lowest BCUT2D eigenvalue weighted by atomic mass is 9.97. The Hall–Kier alpha value is -2.67. The largest absolute Gasteiger partial charge is 0.345 e. The van der Waals surface area contributed by atoms with Crippen molar-refractivity contribution in [3.05, 3.63) is 65.2 Å². The number of aromatic nitrogens is 1. The zero-order valence-electron chi connectivity index (χ0n) is 13.6. The van der Waals surface area contributed by atoms with Crippen LogP contribution in [0.2, 0.25) is 0 Å². The van der Waals surface area contributed by atoms with E-state index < -0.39 is 0 Å². The molecule has 1 aliphatic rings. The van der Waals surface area contributed by atoms with E-state index in [1.807, 2.05) is 19.2 Å². The summed E-state index contributed by atoms with van der Waals surface area (Å²) in [5, 5.41) is 0. The Morgan fingerprint density at radius 3 is 2.50 bits per heavy atom. The van der Waals surface area contributed by atoms with Crippen LogP contribution in [0.3, 0.4) is 0 Å². The molecule has 0 radical (unpaired) electrons. The van der Waals surface area contributed by atoms with Gasteiger partial charge in [0.15, 0.2) is 0 Å². The van der Waals surface area contributed by atoms with E-state index in [9.17, 15) is 9.18 Å². The maximum absolute atomic E-state index is 12.9. The molecule has 3 rings (SSSR count). The van der Waals surface area contributed by atoms with Crippen molar-refractivity contribution in [3.8, 4) is 11.8 Å². The van der Waals surface area contributed by atoms with Gasteiger partial charge >= 0.3 is 0 Å². The number of nitrogens with zero attached hydrogens (tertiary/aromatic N) is 2. The SMILES string of the molecule is CN1CCCC[C@@H](c2ccc(C#Cc3ccc(F)cc3)cn2)C1=O. The van der Waals surface area contributed by atoms with Gasteiger partial charge in [0.2, 0.25) is 5.91 Å². The highest BCUT2D eigenvalue weighted by Gasteiger charge is 2.26. The normalized spacial score (nSPS) is 17.8. The van der Waals surface area contributed by atoms with Crippen LogP contribution in [-0.4, -0.2) is 29.4 Å². The minimum Gasteiger partial charge on any atom is -0.345 e. The number of benzene rings is 1. The van der Waals surface area contributed by atoms with Crippen LogP contribution >= 0.6 is 0 Å². The molecule has 2 heterocycles. The third-order valence-corrected chi connectivity index (χ3v) is 4.25. The van der Waals surface area contributed by atoms with E-state index in [0.29, 0.717) is 0 Å². The van der Waals surface area contributed by atoms with E-state index in [1.54, 1.807) is 23.2 Å². The van der Waals surface area contributed by atoms with Crippen molar-refractivity contribution < 1.29 is 9.18 Å². The van der Waals surface area contributed by atoms with Gasteiger partial charge in [-0.3, -0.25) is 9.78 Å². The number of likely N-dealkylation sites (tertiary alicyclic amines) is 1. The number of likely N-dealkylation sites (N-methyl/N-ethyl adjacent to an activating group) is 1. The van der Waals surface area contributed by atoms with Gasteiger partial charge < -0.3 is 4.90 Å². The second-order valence-corrected chi connectivity index (χ2v) is 6.04. The van der Waals surface area contributed by atoms with Crippen molar-refractivity contribution in [1.29, 1.82) is 0 Å². The van der Waals surface area contributed by atoms with Crippen LogP contribution in [0.4, 0.5) is 4.39 Å². The highest BCUT2D eigenvalue weighted by atomic mass is 19.1. The molecule has 3 nitrogen and oxygen atoms in total. The first-order chi connectivity index (χ1) is 11.6. The van der Waals surface area contributed by atoms with Gasteiger partial charge in [0.05, 0.1) is 11.6 Å². The van der Waals surface area contributed by atoms with Gasteiger partial charge in [0.1, 0.15) is 5.82 Å². The summed E-state index contributed by atoms with van der Waals surface area (Å²) in [5.74, 6) is 5.71. The number of pyridine rings is 1. The van der Waals surface area contributed by atoms with Crippen LogP contribution in [0.5, 0.6) is 0 Å². The number of halogens is 1. The predicted molar refractivity (Wildman–Crippen MR) is 90.8 cm³/mol. The smallest absolute Gasteiger partial charge is 0.231 e. The Balaban J connectivity index is 1.76. The summed E-state index contributed by atoms with van der Waals surface area (Å²) in [7, 11) is 1.85. The van der Waals surface area contributed by atoms with Crippen LogP contribution in [0, 0.1) is 17.7 Å². The zero-order chi connectivity index (χ0) is 16.9. The molecule has 0 N–H and O–H groups in total. The van der Waals surface area contributed by atoms with Crippen LogP contribution in [0.15, 0.2) is 42.6 Å². The molecular weight excluding hydrogens is 303 g/mol. The fourth-order valence-corrected chi connectivity index (χ4v) is 2.83. The summed E-state index contributed by atoms with van der Waals surface area (Å²) in [4.78, 5) is 18.6. The molecule has 4 heteroatoms. The number of amides is 1. The monoisotopic (exact) mass is 322 g/mol. The Morgan fingerprint density at radius 2 is 1.79 bits per heavy atom. The van der Waals surface area contributed by atoms with Crippen molar-refractivity contribution in [1.82, 2.24) is 9.88 Å². The van der Waals surface area contributed by atoms with Crippen LogP contribution in [-0.2, 0) is 4.79 Å². The van der Waals surface area contributed by atoms with Crippen LogP contribution in [0.1, 0.15) is 42.0 Å². The minimum absolute atomic E-state index is 0.144. The molecule has 0 bridgehead atoms. The number of carbonyl (C=O) groups excluding carboxylic acids is 1. The molecule has 0 saturated carbocycles. The molecule has 2 aromatic rings. The Kier molecular flexibility index (Phi) is 4.90. The van der Waals surface area contributed by atoms with Gasteiger partial charge in [-0.1, -0.05) is 18.3 Å². The van der Waals surface area contributed by atoms with E-state index in [-0.39, 0.29) is 17.6 Å². The van der Waals surface area contributed by atoms with Gasteiger partial charge in [-0.05, 0) is 49.2 Å². The van der Waals surface area contributed by atoms with E-state index in [4.69, 9.17) is 0 Å². The van der Waals surface area contributed by atoms with Gasteiger partial charge in [0, 0.05) is 30.9 Å². The van der Waals surface area contributed by atoms with Crippen LogP contribution in [0.25, 0.3) is 0 Å². The van der Waals surface area contributed by atoms with E-state index in [0.717, 1.165) is 42.6 Å². The van der Waals surface area contributed by atoms with Gasteiger partial charge in [-0.25, -0.2) is 4.39 Å². The van der Waals surface area contributed by atoms with Crippen molar-refractivity contribution >= 4 is 5.91 Å². The number of carbonyl (C=O) groups is 1. The molecule has 24 heavy (non-hydrogen) atoms. The molecular formula is C20H19FN2O. The van der Waals surface area contributed by atoms with Crippen molar-refractivity contribution in [2.75, 3.05) is 13.6 Å². The number of hydrogen-bond acceptors (Lipinski definition) is 2. The number of rotatable bonds is 1. The summed E-state index contributed by atoms with van der Waals surface area (Å²) in [5.41, 5.74) is 2.33. The fourth-order valence-electron chi connectivity index (χ4n) is 2.83.